The van der Waals surface area contributed by atoms with Crippen molar-refractivity contribution in [3.8, 4) is 0 Å². The summed E-state index contributed by atoms with van der Waals surface area (Å²) in [6.07, 6.45) is 1.49. The molecule has 0 aliphatic rings. The summed E-state index contributed by atoms with van der Waals surface area (Å²) < 4.78 is 2.07. The first kappa shape index (κ1) is 12.0. The van der Waals surface area contributed by atoms with E-state index in [4.69, 9.17) is 11.6 Å². The average molecular weight is 269 g/mol. The highest BCUT2D eigenvalue weighted by Gasteiger charge is 2.16. The van der Waals surface area contributed by atoms with Gasteiger partial charge in [0.05, 0.1) is 15.6 Å². The molecule has 17 heavy (non-hydrogen) atoms. The molecule has 0 atom stereocenters. The van der Waals surface area contributed by atoms with Gasteiger partial charge in [-0.1, -0.05) is 11.6 Å². The molecule has 2 aromatic heterocycles. The molecule has 2 rings (SSSR count). The second-order valence-corrected chi connectivity index (χ2v) is 5.22. The Hall–Kier alpha value is -1.46. The van der Waals surface area contributed by atoms with E-state index in [9.17, 15) is 9.59 Å². The minimum atomic E-state index is -0.278. The maximum absolute atomic E-state index is 11.7. The molecule has 2 heterocycles. The van der Waals surface area contributed by atoms with Crippen molar-refractivity contribution in [3.05, 3.63) is 39.3 Å². The summed E-state index contributed by atoms with van der Waals surface area (Å²) in [5.74, 6) is -0.502. The molecule has 0 bridgehead atoms. The summed E-state index contributed by atoms with van der Waals surface area (Å²) in [4.78, 5) is 24.0. The summed E-state index contributed by atoms with van der Waals surface area (Å²) in [6.45, 7) is 0. The Bertz CT molecular complexity index is 523. The minimum absolute atomic E-state index is 0.173. The van der Waals surface area contributed by atoms with Crippen molar-refractivity contribution in [2.75, 3.05) is 0 Å². The smallest absolute Gasteiger partial charge is 0.190 e. The first-order valence-corrected chi connectivity index (χ1v) is 6.07. The predicted octanol–water partition coefficient (Wildman–Crippen LogP) is 2.59. The van der Waals surface area contributed by atoms with Crippen LogP contribution in [0.25, 0.3) is 0 Å². The summed E-state index contributed by atoms with van der Waals surface area (Å²) in [5.41, 5.74) is 0.309. The lowest BCUT2D eigenvalue weighted by atomic mass is 10.1. The van der Waals surface area contributed by atoms with E-state index >= 15 is 0 Å². The van der Waals surface area contributed by atoms with Crippen LogP contribution >= 0.6 is 22.9 Å². The zero-order valence-corrected chi connectivity index (χ0v) is 10.6. The Morgan fingerprint density at radius 3 is 2.65 bits per heavy atom. The summed E-state index contributed by atoms with van der Waals surface area (Å²) in [5, 5.41) is 3.95. The van der Waals surface area contributed by atoms with Crippen molar-refractivity contribution >= 4 is 34.5 Å². The largest absolute Gasteiger partial charge is 0.293 e. The van der Waals surface area contributed by atoms with Gasteiger partial charge in [0, 0.05) is 13.2 Å². The Labute approximate surface area is 107 Å². The fourth-order valence-electron chi connectivity index (χ4n) is 1.35. The second kappa shape index (κ2) is 4.81. The molecule has 0 aliphatic carbocycles. The van der Waals surface area contributed by atoms with Crippen LogP contribution in [0.2, 0.25) is 4.34 Å². The number of thiophene rings is 1. The molecular formula is C11H9ClN2O2S. The minimum Gasteiger partial charge on any atom is -0.293 e. The lowest BCUT2D eigenvalue weighted by Gasteiger charge is -1.95. The van der Waals surface area contributed by atoms with Gasteiger partial charge in [-0.3, -0.25) is 14.3 Å². The Balaban J connectivity index is 2.07. The highest BCUT2D eigenvalue weighted by molar-refractivity contribution is 7.18. The van der Waals surface area contributed by atoms with Gasteiger partial charge in [-0.15, -0.1) is 11.3 Å². The number of aromatic nitrogens is 2. The van der Waals surface area contributed by atoms with Gasteiger partial charge in [0.2, 0.25) is 0 Å². The lowest BCUT2D eigenvalue weighted by Crippen LogP contribution is -2.08. The zero-order valence-electron chi connectivity index (χ0n) is 9.01. The molecule has 0 amide bonds. The molecule has 0 unspecified atom stereocenters. The molecule has 0 spiro atoms. The van der Waals surface area contributed by atoms with Crippen LogP contribution in [0, 0.1) is 0 Å². The Morgan fingerprint density at radius 2 is 2.12 bits per heavy atom. The normalized spacial score (nSPS) is 10.5. The van der Waals surface area contributed by atoms with E-state index in [1.54, 1.807) is 31.4 Å². The molecule has 0 saturated carbocycles. The lowest BCUT2D eigenvalue weighted by molar-refractivity contribution is 0.0893. The average Bonchev–Trinajstić information content (AvgIpc) is 2.87. The second-order valence-electron chi connectivity index (χ2n) is 3.50. The molecule has 4 nitrogen and oxygen atoms in total. The first-order chi connectivity index (χ1) is 8.06. The van der Waals surface area contributed by atoms with Gasteiger partial charge in [-0.25, -0.2) is 0 Å². The fourth-order valence-corrected chi connectivity index (χ4v) is 2.33. The highest BCUT2D eigenvalue weighted by atomic mass is 35.5. The van der Waals surface area contributed by atoms with Crippen molar-refractivity contribution in [2.45, 2.75) is 6.42 Å². The van der Waals surface area contributed by atoms with Crippen molar-refractivity contribution < 1.29 is 9.59 Å². The Kier molecular flexibility index (Phi) is 3.40. The molecule has 0 aromatic carbocycles. The van der Waals surface area contributed by atoms with Crippen LogP contribution in [-0.2, 0) is 7.05 Å². The summed E-state index contributed by atoms with van der Waals surface area (Å²) >= 11 is 6.90. The summed E-state index contributed by atoms with van der Waals surface area (Å²) in [6, 6.07) is 4.86. The van der Waals surface area contributed by atoms with Gasteiger partial charge in [0.1, 0.15) is 5.69 Å². The predicted molar refractivity (Wildman–Crippen MR) is 65.8 cm³/mol. The van der Waals surface area contributed by atoms with Crippen LogP contribution in [0.15, 0.2) is 24.4 Å². The van der Waals surface area contributed by atoms with Gasteiger partial charge >= 0.3 is 0 Å². The number of carbonyl (C=O) groups excluding carboxylic acids is 2. The number of Topliss-reactive ketones (excluding diaryl/α,β-unsaturated/α-hetero) is 2. The number of carbonyl (C=O) groups is 2. The van der Waals surface area contributed by atoms with Crippen LogP contribution in [0.3, 0.4) is 0 Å². The zero-order chi connectivity index (χ0) is 12.4. The number of halogens is 1. The van der Waals surface area contributed by atoms with E-state index in [0.717, 1.165) is 0 Å². The van der Waals surface area contributed by atoms with Crippen molar-refractivity contribution in [3.63, 3.8) is 0 Å². The van der Waals surface area contributed by atoms with Gasteiger partial charge < -0.3 is 0 Å². The third kappa shape index (κ3) is 2.81. The van der Waals surface area contributed by atoms with Crippen LogP contribution in [0.1, 0.15) is 26.6 Å². The Morgan fingerprint density at radius 1 is 1.35 bits per heavy atom. The van der Waals surface area contributed by atoms with Crippen molar-refractivity contribution in [1.82, 2.24) is 9.78 Å². The number of nitrogens with zero attached hydrogens (tertiary/aromatic N) is 2. The topological polar surface area (TPSA) is 52.0 Å². The molecule has 0 N–H and O–H groups in total. The van der Waals surface area contributed by atoms with Crippen LogP contribution in [-0.4, -0.2) is 21.3 Å². The summed E-state index contributed by atoms with van der Waals surface area (Å²) in [7, 11) is 1.72. The van der Waals surface area contributed by atoms with E-state index in [-0.39, 0.29) is 18.0 Å². The molecular weight excluding hydrogens is 260 g/mol. The quantitative estimate of drug-likeness (QED) is 0.633. The van der Waals surface area contributed by atoms with Crippen molar-refractivity contribution in [1.29, 1.82) is 0 Å². The van der Waals surface area contributed by atoms with Gasteiger partial charge in [0.25, 0.3) is 0 Å². The monoisotopic (exact) mass is 268 g/mol. The molecule has 0 aliphatic heterocycles. The maximum Gasteiger partial charge on any atom is 0.190 e. The number of aryl methyl sites for hydroxylation is 1. The number of hydrogen-bond acceptors (Lipinski definition) is 4. The number of hydrogen-bond donors (Lipinski definition) is 0. The molecule has 2 aromatic rings. The van der Waals surface area contributed by atoms with E-state index in [2.05, 4.69) is 5.10 Å². The van der Waals surface area contributed by atoms with Crippen LogP contribution in [0.4, 0.5) is 0 Å². The van der Waals surface area contributed by atoms with E-state index < -0.39 is 0 Å². The maximum atomic E-state index is 11.7. The van der Waals surface area contributed by atoms with Gasteiger partial charge in [-0.05, 0) is 18.2 Å². The molecule has 0 saturated heterocycles. The van der Waals surface area contributed by atoms with E-state index in [1.807, 2.05) is 0 Å². The third-order valence-electron chi connectivity index (χ3n) is 2.17. The molecule has 0 radical (unpaired) electrons. The SMILES string of the molecule is Cn1ccc(C(=O)CC(=O)c2ccc(Cl)s2)n1. The van der Waals surface area contributed by atoms with E-state index in [1.165, 1.54) is 16.0 Å². The van der Waals surface area contributed by atoms with Gasteiger partial charge in [-0.2, -0.15) is 5.10 Å². The first-order valence-electron chi connectivity index (χ1n) is 4.87. The van der Waals surface area contributed by atoms with Gasteiger partial charge in [0.15, 0.2) is 11.6 Å². The standard InChI is InChI=1S/C11H9ClN2O2S/c1-14-5-4-7(13-14)8(15)6-9(16)10-2-3-11(12)17-10/h2-5H,6H2,1H3. The molecule has 6 heteroatoms. The molecule has 0 fully saturated rings. The highest BCUT2D eigenvalue weighted by Crippen LogP contribution is 2.22. The van der Waals surface area contributed by atoms with Crippen LogP contribution < -0.4 is 0 Å². The number of rotatable bonds is 4. The molecule has 88 valence electrons. The third-order valence-corrected chi connectivity index (χ3v) is 3.44. The fraction of sp³-hybridized carbons (Fsp3) is 0.182. The van der Waals surface area contributed by atoms with Crippen molar-refractivity contribution in [2.24, 2.45) is 7.05 Å². The van der Waals surface area contributed by atoms with Crippen LogP contribution in [0.5, 0.6) is 0 Å². The van der Waals surface area contributed by atoms with E-state index in [0.29, 0.717) is 14.9 Å². The number of ketones is 2.